The number of piperidine rings is 1. The van der Waals surface area contributed by atoms with Crippen LogP contribution in [0.25, 0.3) is 0 Å². The normalized spacial score (nSPS) is 15.0. The van der Waals surface area contributed by atoms with E-state index < -0.39 is 0 Å². The van der Waals surface area contributed by atoms with E-state index in [1.807, 2.05) is 42.5 Å². The van der Waals surface area contributed by atoms with Crippen LogP contribution in [-0.4, -0.2) is 37.1 Å². The van der Waals surface area contributed by atoms with Crippen LogP contribution < -0.4 is 15.4 Å². The average molecular weight is 416 g/mol. The molecule has 0 aliphatic carbocycles. The molecule has 4 heteroatoms. The van der Waals surface area contributed by atoms with E-state index in [0.29, 0.717) is 6.04 Å². The van der Waals surface area contributed by atoms with Gasteiger partial charge in [-0.3, -0.25) is 0 Å². The van der Waals surface area contributed by atoms with Gasteiger partial charge in [0, 0.05) is 31.4 Å². The van der Waals surface area contributed by atoms with E-state index in [0.717, 1.165) is 24.6 Å². The molecule has 3 aromatic rings. The highest BCUT2D eigenvalue weighted by Crippen LogP contribution is 2.21. The molecule has 0 spiro atoms. The Morgan fingerprint density at radius 1 is 0.774 bits per heavy atom. The highest BCUT2D eigenvalue weighted by Gasteiger charge is 2.18. The van der Waals surface area contributed by atoms with Crippen LogP contribution in [0.4, 0.5) is 5.69 Å². The summed E-state index contributed by atoms with van der Waals surface area (Å²) in [5.41, 5.74) is 2.53. The minimum atomic E-state index is 0.602. The van der Waals surface area contributed by atoms with Crippen LogP contribution in [0.5, 0.6) is 11.5 Å². The maximum atomic E-state index is 5.85. The van der Waals surface area contributed by atoms with Gasteiger partial charge in [-0.25, -0.2) is 0 Å². The van der Waals surface area contributed by atoms with Gasteiger partial charge in [-0.15, -0.1) is 0 Å². The van der Waals surface area contributed by atoms with Gasteiger partial charge in [0.25, 0.3) is 0 Å². The van der Waals surface area contributed by atoms with Crippen LogP contribution in [0.2, 0.25) is 0 Å². The fourth-order valence-electron chi connectivity index (χ4n) is 4.03. The molecule has 0 unspecified atom stereocenters. The molecule has 2 N–H and O–H groups in total. The molecule has 1 heterocycles. The Hall–Kier alpha value is -2.82. The molecule has 0 aromatic heterocycles. The summed E-state index contributed by atoms with van der Waals surface area (Å²) in [5.74, 6) is 1.74. The second-order valence-corrected chi connectivity index (χ2v) is 8.22. The largest absolute Gasteiger partial charge is 0.457 e. The molecule has 0 bridgehead atoms. The van der Waals surface area contributed by atoms with E-state index in [1.54, 1.807) is 0 Å². The number of likely N-dealkylation sites (tertiary alicyclic amines) is 1. The predicted octanol–water partition coefficient (Wildman–Crippen LogP) is 5.54. The fraction of sp³-hybridized carbons (Fsp3) is 0.333. The summed E-state index contributed by atoms with van der Waals surface area (Å²) in [6.07, 6.45) is 3.63. The second kappa shape index (κ2) is 11.5. The summed E-state index contributed by atoms with van der Waals surface area (Å²) in [4.78, 5) is 2.60. The van der Waals surface area contributed by atoms with Gasteiger partial charge >= 0.3 is 0 Å². The van der Waals surface area contributed by atoms with Crippen LogP contribution >= 0.6 is 0 Å². The van der Waals surface area contributed by atoms with Crippen LogP contribution in [0.3, 0.4) is 0 Å². The number of hydrogen-bond donors (Lipinski definition) is 2. The van der Waals surface area contributed by atoms with E-state index in [1.165, 1.54) is 50.1 Å². The van der Waals surface area contributed by atoms with Crippen LogP contribution in [0, 0.1) is 0 Å². The predicted molar refractivity (Wildman–Crippen MR) is 129 cm³/mol. The van der Waals surface area contributed by atoms with Gasteiger partial charge in [-0.05, 0) is 74.3 Å². The maximum Gasteiger partial charge on any atom is 0.127 e. The van der Waals surface area contributed by atoms with Crippen molar-refractivity contribution in [1.29, 1.82) is 0 Å². The third kappa shape index (κ3) is 7.12. The Balaban J connectivity index is 1.08. The van der Waals surface area contributed by atoms with Gasteiger partial charge in [-0.2, -0.15) is 0 Å². The van der Waals surface area contributed by atoms with E-state index in [-0.39, 0.29) is 0 Å². The smallest absolute Gasteiger partial charge is 0.127 e. The summed E-state index contributed by atoms with van der Waals surface area (Å²) in [5, 5.41) is 7.24. The van der Waals surface area contributed by atoms with E-state index in [4.69, 9.17) is 4.74 Å². The molecule has 31 heavy (non-hydrogen) atoms. The number of hydrogen-bond acceptors (Lipinski definition) is 4. The minimum Gasteiger partial charge on any atom is -0.457 e. The first-order valence-corrected chi connectivity index (χ1v) is 11.4. The zero-order chi connectivity index (χ0) is 21.1. The lowest BCUT2D eigenvalue weighted by Gasteiger charge is -2.32. The quantitative estimate of drug-likeness (QED) is 0.427. The topological polar surface area (TPSA) is 36.5 Å². The summed E-state index contributed by atoms with van der Waals surface area (Å²) >= 11 is 0. The van der Waals surface area contributed by atoms with E-state index >= 15 is 0 Å². The summed E-state index contributed by atoms with van der Waals surface area (Å²) in [6.45, 7) is 5.49. The molecule has 4 nitrogen and oxygen atoms in total. The molecule has 0 radical (unpaired) electrons. The molecule has 1 aliphatic heterocycles. The zero-order valence-corrected chi connectivity index (χ0v) is 18.2. The van der Waals surface area contributed by atoms with Crippen molar-refractivity contribution >= 4 is 5.69 Å². The van der Waals surface area contributed by atoms with Crippen molar-refractivity contribution in [2.75, 3.05) is 31.5 Å². The molecule has 1 fully saturated rings. The molecule has 0 saturated carbocycles. The third-order valence-electron chi connectivity index (χ3n) is 5.79. The Bertz CT molecular complexity index is 875. The summed E-state index contributed by atoms with van der Waals surface area (Å²) < 4.78 is 5.85. The first kappa shape index (κ1) is 21.4. The first-order chi connectivity index (χ1) is 15.3. The molecule has 4 rings (SSSR count). The lowest BCUT2D eigenvalue weighted by atomic mass is 10.0. The Labute approximate surface area is 186 Å². The number of nitrogens with zero attached hydrogens (tertiary/aromatic N) is 1. The van der Waals surface area contributed by atoms with E-state index in [9.17, 15) is 0 Å². The number of anilines is 1. The molecule has 0 amide bonds. The van der Waals surface area contributed by atoms with Crippen LogP contribution in [0.15, 0.2) is 84.9 Å². The minimum absolute atomic E-state index is 0.602. The van der Waals surface area contributed by atoms with Crippen LogP contribution in [0.1, 0.15) is 24.8 Å². The van der Waals surface area contributed by atoms with Gasteiger partial charge in [-0.1, -0.05) is 48.5 Å². The third-order valence-corrected chi connectivity index (χ3v) is 5.79. The van der Waals surface area contributed by atoms with Crippen molar-refractivity contribution in [3.8, 4) is 11.5 Å². The monoisotopic (exact) mass is 415 g/mol. The van der Waals surface area contributed by atoms with Gasteiger partial charge in [0.2, 0.25) is 0 Å². The van der Waals surface area contributed by atoms with Gasteiger partial charge < -0.3 is 20.3 Å². The van der Waals surface area contributed by atoms with Gasteiger partial charge in [0.1, 0.15) is 11.5 Å². The lowest BCUT2D eigenvalue weighted by molar-refractivity contribution is 0.216. The number of benzene rings is 3. The molecule has 3 aromatic carbocycles. The molecule has 162 valence electrons. The second-order valence-electron chi connectivity index (χ2n) is 8.22. The molecule has 0 atom stereocenters. The zero-order valence-electron chi connectivity index (χ0n) is 18.2. The lowest BCUT2D eigenvalue weighted by Crippen LogP contribution is -2.40. The fourth-order valence-corrected chi connectivity index (χ4v) is 4.03. The van der Waals surface area contributed by atoms with Gasteiger partial charge in [0.05, 0.1) is 0 Å². The average Bonchev–Trinajstić information content (AvgIpc) is 2.82. The van der Waals surface area contributed by atoms with Crippen molar-refractivity contribution in [1.82, 2.24) is 10.2 Å². The summed E-state index contributed by atoms with van der Waals surface area (Å²) in [6, 6.07) is 29.4. The molecular formula is C27H33N3O. The van der Waals surface area contributed by atoms with Gasteiger partial charge in [0.15, 0.2) is 0 Å². The molecule has 1 saturated heterocycles. The highest BCUT2D eigenvalue weighted by atomic mass is 16.5. The first-order valence-electron chi connectivity index (χ1n) is 11.4. The maximum absolute atomic E-state index is 5.85. The van der Waals surface area contributed by atoms with Crippen molar-refractivity contribution in [2.45, 2.75) is 31.8 Å². The SMILES string of the molecule is c1ccc(NC2CCN(CCCNCc3ccc(Oc4ccccc4)cc3)CC2)cc1. The molecule has 1 aliphatic rings. The highest BCUT2D eigenvalue weighted by molar-refractivity contribution is 5.43. The van der Waals surface area contributed by atoms with E-state index in [2.05, 4.69) is 58.0 Å². The van der Waals surface area contributed by atoms with Crippen molar-refractivity contribution in [3.05, 3.63) is 90.5 Å². The Morgan fingerprint density at radius 3 is 2.13 bits per heavy atom. The Morgan fingerprint density at radius 2 is 1.42 bits per heavy atom. The number of nitrogens with one attached hydrogen (secondary N) is 2. The number of rotatable bonds is 10. The van der Waals surface area contributed by atoms with Crippen LogP contribution in [-0.2, 0) is 6.54 Å². The van der Waals surface area contributed by atoms with Crippen molar-refractivity contribution in [3.63, 3.8) is 0 Å². The number of para-hydroxylation sites is 2. The van der Waals surface area contributed by atoms with Crippen molar-refractivity contribution < 1.29 is 4.74 Å². The van der Waals surface area contributed by atoms with Crippen molar-refractivity contribution in [2.24, 2.45) is 0 Å². The summed E-state index contributed by atoms with van der Waals surface area (Å²) in [7, 11) is 0. The standard InChI is InChI=1S/C27H33N3O/c1-3-8-24(9-4-1)29-25-16-20-30(21-17-25)19-7-18-28-22-23-12-14-27(15-13-23)31-26-10-5-2-6-11-26/h1-6,8-15,25,28-29H,7,16-22H2. The Kier molecular flexibility index (Phi) is 7.97. The number of ether oxygens (including phenoxy) is 1. The molecular weight excluding hydrogens is 382 g/mol.